The first-order valence-electron chi connectivity index (χ1n) is 8.35. The fourth-order valence-electron chi connectivity index (χ4n) is 2.14. The lowest BCUT2D eigenvalue weighted by Crippen LogP contribution is -2.25. The summed E-state index contributed by atoms with van der Waals surface area (Å²) in [6.07, 6.45) is 1.32. The van der Waals surface area contributed by atoms with Gasteiger partial charge in [-0.15, -0.1) is 6.58 Å². The van der Waals surface area contributed by atoms with Crippen LogP contribution in [0, 0.1) is 5.82 Å². The van der Waals surface area contributed by atoms with Gasteiger partial charge in [0.05, 0.1) is 5.69 Å². The van der Waals surface area contributed by atoms with Gasteiger partial charge in [0.2, 0.25) is 10.0 Å². The maximum Gasteiger partial charge on any atom is 0.286 e. The van der Waals surface area contributed by atoms with Crippen LogP contribution in [0.2, 0.25) is 0 Å². The van der Waals surface area contributed by atoms with Crippen LogP contribution in [0.4, 0.5) is 14.9 Å². The average molecular weight is 438 g/mol. The smallest absolute Gasteiger partial charge is 0.286 e. The number of anilines is 1. The van der Waals surface area contributed by atoms with Crippen LogP contribution < -0.4 is 10.0 Å². The molecular formula is C19H20FN3O4S2. The van der Waals surface area contributed by atoms with E-state index in [0.717, 1.165) is 23.9 Å². The molecule has 29 heavy (non-hydrogen) atoms. The quantitative estimate of drug-likeness (QED) is 0.512. The molecule has 0 atom stereocenters. The van der Waals surface area contributed by atoms with Crippen molar-refractivity contribution < 1.29 is 22.4 Å². The van der Waals surface area contributed by atoms with Gasteiger partial charge in [0.15, 0.2) is 0 Å². The van der Waals surface area contributed by atoms with Crippen molar-refractivity contribution in [2.75, 3.05) is 26.0 Å². The highest BCUT2D eigenvalue weighted by Gasteiger charge is 2.21. The molecule has 0 heterocycles. The van der Waals surface area contributed by atoms with Crippen molar-refractivity contribution in [3.8, 4) is 0 Å². The highest BCUT2D eigenvalue weighted by atomic mass is 32.2. The molecule has 0 aromatic heterocycles. The van der Waals surface area contributed by atoms with Crippen LogP contribution in [0.3, 0.4) is 0 Å². The zero-order valence-electron chi connectivity index (χ0n) is 15.8. The first kappa shape index (κ1) is 22.6. The molecule has 0 spiro atoms. The minimum absolute atomic E-state index is 0.0517. The van der Waals surface area contributed by atoms with Gasteiger partial charge < -0.3 is 10.2 Å². The molecule has 0 aliphatic carbocycles. The Kier molecular flexibility index (Phi) is 7.54. The van der Waals surface area contributed by atoms with Crippen molar-refractivity contribution in [1.29, 1.82) is 0 Å². The van der Waals surface area contributed by atoms with Gasteiger partial charge in [-0.25, -0.2) is 17.5 Å². The molecule has 2 aromatic rings. The maximum atomic E-state index is 14.0. The first-order chi connectivity index (χ1) is 13.7. The summed E-state index contributed by atoms with van der Waals surface area (Å²) in [4.78, 5) is 25.8. The summed E-state index contributed by atoms with van der Waals surface area (Å²) in [7, 11) is -0.929. The summed E-state index contributed by atoms with van der Waals surface area (Å²) in [5.74, 6) is -1.62. The monoisotopic (exact) mass is 437 g/mol. The molecule has 2 N–H and O–H groups in total. The molecule has 0 radical (unpaired) electrons. The minimum atomic E-state index is -4.15. The summed E-state index contributed by atoms with van der Waals surface area (Å²) in [5.41, 5.74) is 0.320. The Morgan fingerprint density at radius 1 is 1.21 bits per heavy atom. The largest absolute Gasteiger partial charge is 0.339 e. The molecule has 0 aliphatic heterocycles. The fraction of sp³-hybridized carbons (Fsp3) is 0.158. The molecule has 2 aromatic carbocycles. The number of para-hydroxylation sites is 1. The SMILES string of the molecule is C=CCNS(=O)(=O)c1cc(C(=O)Nc2ccccc2SC(=O)N(C)C)ccc1F. The lowest BCUT2D eigenvalue weighted by atomic mass is 10.2. The van der Waals surface area contributed by atoms with E-state index in [1.54, 1.807) is 38.4 Å². The first-order valence-corrected chi connectivity index (χ1v) is 10.7. The third kappa shape index (κ3) is 5.89. The minimum Gasteiger partial charge on any atom is -0.339 e. The Labute approximate surface area is 173 Å². The third-order valence-corrected chi connectivity index (χ3v) is 6.15. The third-order valence-electron chi connectivity index (χ3n) is 3.60. The normalized spacial score (nSPS) is 11.0. The zero-order valence-corrected chi connectivity index (χ0v) is 17.4. The van der Waals surface area contributed by atoms with E-state index in [2.05, 4.69) is 16.6 Å². The van der Waals surface area contributed by atoms with Crippen LogP contribution >= 0.6 is 11.8 Å². The van der Waals surface area contributed by atoms with Crippen LogP contribution in [-0.2, 0) is 10.0 Å². The molecule has 2 amide bonds. The Morgan fingerprint density at radius 2 is 1.90 bits per heavy atom. The summed E-state index contributed by atoms with van der Waals surface area (Å²) in [5, 5.41) is 2.40. The number of nitrogens with one attached hydrogen (secondary N) is 2. The molecule has 0 saturated carbocycles. The second kappa shape index (κ2) is 9.68. The van der Waals surface area contributed by atoms with Gasteiger partial charge in [-0.3, -0.25) is 9.59 Å². The van der Waals surface area contributed by atoms with Gasteiger partial charge in [-0.2, -0.15) is 0 Å². The van der Waals surface area contributed by atoms with Gasteiger partial charge >= 0.3 is 0 Å². The Morgan fingerprint density at radius 3 is 2.55 bits per heavy atom. The van der Waals surface area contributed by atoms with Gasteiger partial charge in [-0.05, 0) is 42.1 Å². The average Bonchev–Trinajstić information content (AvgIpc) is 2.67. The van der Waals surface area contributed by atoms with E-state index >= 15 is 0 Å². The Balaban J connectivity index is 2.30. The van der Waals surface area contributed by atoms with E-state index in [1.807, 2.05) is 0 Å². The molecule has 0 fully saturated rings. The second-order valence-corrected chi connectivity index (χ2v) is 8.73. The van der Waals surface area contributed by atoms with Gasteiger partial charge in [0.1, 0.15) is 10.7 Å². The lowest BCUT2D eigenvalue weighted by Gasteiger charge is -2.13. The van der Waals surface area contributed by atoms with E-state index in [1.165, 1.54) is 17.0 Å². The molecular weight excluding hydrogens is 417 g/mol. The fourth-order valence-corrected chi connectivity index (χ4v) is 3.98. The zero-order chi connectivity index (χ0) is 21.6. The van der Waals surface area contributed by atoms with Crippen LogP contribution in [0.5, 0.6) is 0 Å². The van der Waals surface area contributed by atoms with Crippen LogP contribution in [0.15, 0.2) is 64.9 Å². The number of halogens is 1. The number of sulfonamides is 1. The van der Waals surface area contributed by atoms with Crippen molar-refractivity contribution in [3.05, 3.63) is 66.5 Å². The van der Waals surface area contributed by atoms with Gasteiger partial charge in [-0.1, -0.05) is 18.2 Å². The lowest BCUT2D eigenvalue weighted by molar-refractivity contribution is 0.102. The second-order valence-electron chi connectivity index (χ2n) is 6.00. The van der Waals surface area contributed by atoms with Crippen LogP contribution in [0.25, 0.3) is 0 Å². The van der Waals surface area contributed by atoms with Crippen molar-refractivity contribution in [1.82, 2.24) is 9.62 Å². The highest BCUT2D eigenvalue weighted by Crippen LogP contribution is 2.29. The molecule has 7 nitrogen and oxygen atoms in total. The summed E-state index contributed by atoms with van der Waals surface area (Å²) in [6, 6.07) is 9.72. The van der Waals surface area contributed by atoms with Crippen molar-refractivity contribution >= 4 is 38.6 Å². The number of benzene rings is 2. The number of amides is 2. The summed E-state index contributed by atoms with van der Waals surface area (Å²) >= 11 is 0.931. The number of rotatable bonds is 7. The van der Waals surface area contributed by atoms with Crippen molar-refractivity contribution in [2.24, 2.45) is 0 Å². The number of hydrogen-bond acceptors (Lipinski definition) is 5. The standard InChI is InChI=1S/C19H20FN3O4S2/c1-4-11-21-29(26,27)17-12-13(9-10-14(17)20)18(24)22-15-7-5-6-8-16(15)28-19(25)23(2)3/h4-10,12,21H,1,11H2,2-3H3,(H,22,24). The maximum absolute atomic E-state index is 14.0. The van der Waals surface area contributed by atoms with E-state index < -0.39 is 26.6 Å². The Hall–Kier alpha value is -2.69. The molecule has 0 aliphatic rings. The van der Waals surface area contributed by atoms with Gasteiger partial charge in [0.25, 0.3) is 11.1 Å². The molecule has 154 valence electrons. The number of hydrogen-bond donors (Lipinski definition) is 2. The molecule has 2 rings (SSSR count). The van der Waals surface area contributed by atoms with E-state index in [4.69, 9.17) is 0 Å². The van der Waals surface area contributed by atoms with Gasteiger partial charge in [0, 0.05) is 31.1 Å². The summed E-state index contributed by atoms with van der Waals surface area (Å²) < 4.78 is 40.6. The molecule has 0 bridgehead atoms. The predicted molar refractivity (Wildman–Crippen MR) is 111 cm³/mol. The number of nitrogens with zero attached hydrogens (tertiary/aromatic N) is 1. The number of carbonyl (C=O) groups is 2. The topological polar surface area (TPSA) is 95.6 Å². The van der Waals surface area contributed by atoms with E-state index in [0.29, 0.717) is 10.6 Å². The Bertz CT molecular complexity index is 1040. The van der Waals surface area contributed by atoms with Crippen molar-refractivity contribution in [3.63, 3.8) is 0 Å². The molecule has 0 saturated heterocycles. The van der Waals surface area contributed by atoms with Crippen LogP contribution in [0.1, 0.15) is 10.4 Å². The number of carbonyl (C=O) groups excluding carboxylic acids is 2. The van der Waals surface area contributed by atoms with Crippen molar-refractivity contribution in [2.45, 2.75) is 9.79 Å². The molecule has 0 unspecified atom stereocenters. The van der Waals surface area contributed by atoms with Crippen LogP contribution in [-0.4, -0.2) is 45.1 Å². The molecule has 10 heteroatoms. The van der Waals surface area contributed by atoms with E-state index in [-0.39, 0.29) is 17.3 Å². The van der Waals surface area contributed by atoms with E-state index in [9.17, 15) is 22.4 Å². The predicted octanol–water partition coefficient (Wildman–Crippen LogP) is 3.32. The highest BCUT2D eigenvalue weighted by molar-refractivity contribution is 8.13. The summed E-state index contributed by atoms with van der Waals surface area (Å²) in [6.45, 7) is 3.32. The number of thioether (sulfide) groups is 1.